The second kappa shape index (κ2) is 5.43. The van der Waals surface area contributed by atoms with Crippen LogP contribution in [0.1, 0.15) is 0 Å². The van der Waals surface area contributed by atoms with Gasteiger partial charge in [-0.05, 0) is 0 Å². The maximum absolute atomic E-state index is 12.5. The first-order chi connectivity index (χ1) is 11.8. The summed E-state index contributed by atoms with van der Waals surface area (Å²) in [5, 5.41) is 19.6. The standard InChI is InChI=1S/C12H10F6O8/c13-9(14,15)1-23-11-3(5(19)25-7(11)21)12(24-2-10(16,17)18)4(11)6(20)26-8(12)22/h3-6,19-20H,1-2H2. The third-order valence-electron chi connectivity index (χ3n) is 4.46. The molecule has 0 aromatic rings. The van der Waals surface area contributed by atoms with Gasteiger partial charge in [-0.1, -0.05) is 0 Å². The zero-order chi connectivity index (χ0) is 19.7. The van der Waals surface area contributed by atoms with Crippen molar-refractivity contribution in [1.82, 2.24) is 0 Å². The Hall–Kier alpha value is -1.64. The quantitative estimate of drug-likeness (QED) is 0.489. The highest BCUT2D eigenvalue weighted by atomic mass is 19.4. The topological polar surface area (TPSA) is 112 Å². The van der Waals surface area contributed by atoms with E-state index in [2.05, 4.69) is 18.9 Å². The molecule has 14 heteroatoms. The molecule has 3 rings (SSSR count). The van der Waals surface area contributed by atoms with Crippen molar-refractivity contribution in [3.05, 3.63) is 0 Å². The fourth-order valence-electron chi connectivity index (χ4n) is 3.70. The predicted molar refractivity (Wildman–Crippen MR) is 60.7 cm³/mol. The number of ether oxygens (including phenoxy) is 4. The number of hydrogen-bond acceptors (Lipinski definition) is 8. The van der Waals surface area contributed by atoms with Crippen LogP contribution in [0.4, 0.5) is 26.3 Å². The summed E-state index contributed by atoms with van der Waals surface area (Å²) in [4.78, 5) is 24.0. The van der Waals surface area contributed by atoms with Gasteiger partial charge in [0.15, 0.2) is 11.2 Å². The highest BCUT2D eigenvalue weighted by molar-refractivity contribution is 5.95. The summed E-state index contributed by atoms with van der Waals surface area (Å²) >= 11 is 0. The van der Waals surface area contributed by atoms with Gasteiger partial charge in [0.05, 0.1) is 0 Å². The molecule has 2 heterocycles. The van der Waals surface area contributed by atoms with E-state index < -0.39 is 73.1 Å². The molecule has 3 aliphatic rings. The summed E-state index contributed by atoms with van der Waals surface area (Å²) < 4.78 is 92.7. The first-order valence-corrected chi connectivity index (χ1v) is 6.95. The highest BCUT2D eigenvalue weighted by Gasteiger charge is 2.91. The van der Waals surface area contributed by atoms with Gasteiger partial charge < -0.3 is 29.2 Å². The Morgan fingerprint density at radius 3 is 1.38 bits per heavy atom. The smallest absolute Gasteiger partial charge is 0.411 e. The molecule has 0 radical (unpaired) electrons. The van der Waals surface area contributed by atoms with Gasteiger partial charge >= 0.3 is 24.3 Å². The number of carbonyl (C=O) groups is 2. The van der Waals surface area contributed by atoms with Crippen LogP contribution in [0.2, 0.25) is 0 Å². The molecule has 0 aromatic carbocycles. The Morgan fingerprint density at radius 1 is 0.808 bits per heavy atom. The predicted octanol–water partition coefficient (Wildman–Crippen LogP) is -0.382. The number of hydrogen-bond donors (Lipinski definition) is 2. The minimum atomic E-state index is -4.97. The molecular formula is C12H10F6O8. The van der Waals surface area contributed by atoms with E-state index >= 15 is 0 Å². The largest absolute Gasteiger partial charge is 0.433 e. The number of halogens is 6. The number of cyclic esters (lactones) is 2. The van der Waals surface area contributed by atoms with E-state index in [1.165, 1.54) is 0 Å². The minimum absolute atomic E-state index is 1.59. The third kappa shape index (κ3) is 2.46. The van der Waals surface area contributed by atoms with Crippen LogP contribution in [0.25, 0.3) is 0 Å². The molecule has 2 saturated heterocycles. The van der Waals surface area contributed by atoms with Crippen LogP contribution in [0.15, 0.2) is 0 Å². The summed E-state index contributed by atoms with van der Waals surface area (Å²) in [6.07, 6.45) is -14.5. The zero-order valence-electron chi connectivity index (χ0n) is 12.3. The van der Waals surface area contributed by atoms with Gasteiger partial charge in [-0.15, -0.1) is 0 Å². The van der Waals surface area contributed by atoms with Crippen LogP contribution < -0.4 is 0 Å². The van der Waals surface area contributed by atoms with Crippen LogP contribution in [-0.2, 0) is 28.5 Å². The van der Waals surface area contributed by atoms with Crippen molar-refractivity contribution < 1.29 is 65.1 Å². The summed E-state index contributed by atoms with van der Waals surface area (Å²) in [6.45, 7) is -4.11. The first kappa shape index (κ1) is 19.1. The van der Waals surface area contributed by atoms with E-state index in [4.69, 9.17) is 0 Å². The van der Waals surface area contributed by atoms with E-state index in [-0.39, 0.29) is 0 Å². The normalized spacial score (nSPS) is 42.0. The summed E-state index contributed by atoms with van der Waals surface area (Å²) in [7, 11) is 0. The fraction of sp³-hybridized carbons (Fsp3) is 0.833. The van der Waals surface area contributed by atoms with Crippen LogP contribution in [0, 0.1) is 11.8 Å². The molecule has 148 valence electrons. The molecule has 0 amide bonds. The second-order valence-electron chi connectivity index (χ2n) is 5.94. The Bertz CT molecular complexity index is 568. The Kier molecular flexibility index (Phi) is 4.00. The van der Waals surface area contributed by atoms with Crippen molar-refractivity contribution in [2.45, 2.75) is 36.1 Å². The summed E-state index contributed by atoms with van der Waals surface area (Å²) in [6, 6.07) is 0. The highest BCUT2D eigenvalue weighted by Crippen LogP contribution is 2.66. The van der Waals surface area contributed by atoms with Crippen molar-refractivity contribution in [3.8, 4) is 0 Å². The minimum Gasteiger partial charge on any atom is -0.433 e. The Morgan fingerprint density at radius 2 is 1.12 bits per heavy atom. The SMILES string of the molecule is O=C1OC(O)C2C1(OCC(F)(F)F)C1C(O)OC(=O)C21OCC(F)(F)F. The molecule has 2 atom stereocenters. The molecule has 0 aromatic heterocycles. The van der Waals surface area contributed by atoms with Gasteiger partial charge in [-0.2, -0.15) is 26.3 Å². The number of aliphatic hydroxyl groups is 2. The van der Waals surface area contributed by atoms with Crippen LogP contribution in [-0.4, -0.2) is 71.5 Å². The Balaban J connectivity index is 2.00. The lowest BCUT2D eigenvalue weighted by atomic mass is 9.51. The molecule has 3 fully saturated rings. The second-order valence-corrected chi connectivity index (χ2v) is 5.94. The monoisotopic (exact) mass is 396 g/mol. The number of carbonyl (C=O) groups excluding carboxylic acids is 2. The lowest BCUT2D eigenvalue weighted by Gasteiger charge is -2.56. The van der Waals surface area contributed by atoms with Crippen LogP contribution in [0.5, 0.6) is 0 Å². The van der Waals surface area contributed by atoms with Gasteiger partial charge in [-0.25, -0.2) is 9.59 Å². The van der Waals surface area contributed by atoms with Gasteiger partial charge in [-0.3, -0.25) is 0 Å². The molecule has 2 aliphatic heterocycles. The molecule has 1 saturated carbocycles. The van der Waals surface area contributed by atoms with Crippen molar-refractivity contribution in [3.63, 3.8) is 0 Å². The molecule has 2 unspecified atom stereocenters. The molecule has 8 nitrogen and oxygen atoms in total. The van der Waals surface area contributed by atoms with Gasteiger partial charge in [0.2, 0.25) is 12.6 Å². The van der Waals surface area contributed by atoms with E-state index in [9.17, 15) is 46.1 Å². The van der Waals surface area contributed by atoms with Gasteiger partial charge in [0.25, 0.3) is 0 Å². The van der Waals surface area contributed by atoms with Crippen molar-refractivity contribution in [1.29, 1.82) is 0 Å². The summed E-state index contributed by atoms with van der Waals surface area (Å²) in [5.41, 5.74) is -5.52. The van der Waals surface area contributed by atoms with Crippen LogP contribution >= 0.6 is 0 Å². The average molecular weight is 396 g/mol. The number of fused-ring (bicyclic) bond motifs is 4. The molecule has 1 aliphatic carbocycles. The third-order valence-corrected chi connectivity index (χ3v) is 4.46. The summed E-state index contributed by atoms with van der Waals surface area (Å²) in [5.74, 6) is -7.37. The van der Waals surface area contributed by atoms with Crippen LogP contribution in [0.3, 0.4) is 0 Å². The molecule has 0 spiro atoms. The van der Waals surface area contributed by atoms with E-state index in [1.54, 1.807) is 0 Å². The average Bonchev–Trinajstić information content (AvgIpc) is 2.76. The van der Waals surface area contributed by atoms with E-state index in [1.807, 2.05) is 0 Å². The zero-order valence-corrected chi connectivity index (χ0v) is 12.3. The number of alkyl halides is 6. The van der Waals surface area contributed by atoms with Crippen molar-refractivity contribution in [2.75, 3.05) is 13.2 Å². The maximum Gasteiger partial charge on any atom is 0.411 e. The fourth-order valence-corrected chi connectivity index (χ4v) is 3.70. The molecule has 26 heavy (non-hydrogen) atoms. The Labute approximate surface area is 139 Å². The lowest BCUT2D eigenvalue weighted by molar-refractivity contribution is -0.337. The van der Waals surface area contributed by atoms with Gasteiger partial charge in [0.1, 0.15) is 25.0 Å². The van der Waals surface area contributed by atoms with Gasteiger partial charge in [0, 0.05) is 0 Å². The molecule has 2 N–H and O–H groups in total. The molecule has 0 bridgehead atoms. The number of rotatable bonds is 4. The van der Waals surface area contributed by atoms with E-state index in [0.29, 0.717) is 0 Å². The maximum atomic E-state index is 12.5. The lowest BCUT2D eigenvalue weighted by Crippen LogP contribution is -2.79. The van der Waals surface area contributed by atoms with Crippen molar-refractivity contribution in [2.24, 2.45) is 11.8 Å². The molecular weight excluding hydrogens is 386 g/mol. The van der Waals surface area contributed by atoms with Crippen molar-refractivity contribution >= 4 is 11.9 Å². The number of esters is 2. The number of aliphatic hydroxyl groups excluding tert-OH is 2. The first-order valence-electron chi connectivity index (χ1n) is 6.95. The van der Waals surface area contributed by atoms with E-state index in [0.717, 1.165) is 0 Å².